The molecule has 0 aromatic heterocycles. The summed E-state index contributed by atoms with van der Waals surface area (Å²) < 4.78 is 37.9. The van der Waals surface area contributed by atoms with E-state index in [9.17, 15) is 28.1 Å². The van der Waals surface area contributed by atoms with Crippen LogP contribution in [0.2, 0.25) is 5.02 Å². The molecular weight excluding hydrogens is 358 g/mol. The van der Waals surface area contributed by atoms with Crippen molar-refractivity contribution in [2.24, 2.45) is 0 Å². The van der Waals surface area contributed by atoms with Crippen LogP contribution in [0, 0.1) is 10.1 Å². The average Bonchev–Trinajstić information content (AvgIpc) is 2.45. The van der Waals surface area contributed by atoms with Gasteiger partial charge in [-0.2, -0.15) is 13.2 Å². The van der Waals surface area contributed by atoms with Gasteiger partial charge in [-0.05, 0) is 41.4 Å². The molecule has 0 fully saturated rings. The maximum Gasteiger partial charge on any atom is 0.416 e. The van der Waals surface area contributed by atoms with E-state index in [4.69, 9.17) is 23.2 Å². The summed E-state index contributed by atoms with van der Waals surface area (Å²) >= 11 is 11.2. The highest BCUT2D eigenvalue weighted by Gasteiger charge is 2.31. The summed E-state index contributed by atoms with van der Waals surface area (Å²) in [7, 11) is 0. The van der Waals surface area contributed by atoms with E-state index in [0.717, 1.165) is 30.3 Å². The molecule has 0 spiro atoms. The van der Waals surface area contributed by atoms with Crippen molar-refractivity contribution in [2.45, 2.75) is 6.18 Å². The summed E-state index contributed by atoms with van der Waals surface area (Å²) in [5.41, 5.74) is -1.38. The summed E-state index contributed by atoms with van der Waals surface area (Å²) in [6.07, 6.45) is -4.55. The summed E-state index contributed by atoms with van der Waals surface area (Å²) in [6.45, 7) is 0. The van der Waals surface area contributed by atoms with E-state index in [1.807, 2.05) is 0 Å². The zero-order valence-electron chi connectivity index (χ0n) is 11.0. The van der Waals surface area contributed by atoms with Crippen molar-refractivity contribution in [1.82, 2.24) is 0 Å². The molecule has 2 aromatic carbocycles. The normalized spacial score (nSPS) is 11.3. The Bertz CT molecular complexity index is 806. The van der Waals surface area contributed by atoms with Crippen molar-refractivity contribution in [1.29, 1.82) is 0 Å². The van der Waals surface area contributed by atoms with Crippen molar-refractivity contribution in [3.8, 4) is 11.1 Å². The number of hydrogen-bond donors (Lipinski definition) is 0. The van der Waals surface area contributed by atoms with E-state index in [-0.39, 0.29) is 21.7 Å². The third kappa shape index (κ3) is 3.62. The largest absolute Gasteiger partial charge is 0.416 e. The summed E-state index contributed by atoms with van der Waals surface area (Å²) in [4.78, 5) is 21.4. The van der Waals surface area contributed by atoms with E-state index in [1.165, 1.54) is 6.07 Å². The van der Waals surface area contributed by atoms with Gasteiger partial charge >= 0.3 is 6.18 Å². The van der Waals surface area contributed by atoms with Crippen LogP contribution >= 0.6 is 23.2 Å². The molecule has 2 aromatic rings. The number of nitro groups is 1. The highest BCUT2D eigenvalue weighted by atomic mass is 35.5. The number of carbonyl (C=O) groups is 1. The lowest BCUT2D eigenvalue weighted by atomic mass is 10.0. The third-order valence-corrected chi connectivity index (χ3v) is 3.53. The molecule has 0 N–H and O–H groups in total. The number of halogens is 5. The summed E-state index contributed by atoms with van der Waals surface area (Å²) in [6, 6.07) is 6.11. The molecule has 0 aliphatic carbocycles. The van der Waals surface area contributed by atoms with Gasteiger partial charge in [0.15, 0.2) is 0 Å². The predicted octanol–water partition coefficient (Wildman–Crippen LogP) is 5.31. The fourth-order valence-electron chi connectivity index (χ4n) is 1.95. The van der Waals surface area contributed by atoms with Gasteiger partial charge in [-0.1, -0.05) is 17.7 Å². The summed E-state index contributed by atoms with van der Waals surface area (Å²) in [5.74, 6) is 0. The number of benzene rings is 2. The van der Waals surface area contributed by atoms with Gasteiger partial charge in [0.2, 0.25) is 0 Å². The smallest absolute Gasteiger partial charge is 0.275 e. The van der Waals surface area contributed by atoms with Crippen LogP contribution in [0.3, 0.4) is 0 Å². The van der Waals surface area contributed by atoms with Crippen LogP contribution in [0.4, 0.5) is 18.9 Å². The van der Waals surface area contributed by atoms with Gasteiger partial charge in [0.25, 0.3) is 10.9 Å². The minimum absolute atomic E-state index is 0.189. The molecule has 9 heteroatoms. The molecule has 0 amide bonds. The van der Waals surface area contributed by atoms with E-state index in [0.29, 0.717) is 0 Å². The Morgan fingerprint density at radius 2 is 1.78 bits per heavy atom. The van der Waals surface area contributed by atoms with Gasteiger partial charge in [-0.15, -0.1) is 0 Å². The number of hydrogen-bond acceptors (Lipinski definition) is 3. The molecule has 0 bridgehead atoms. The maximum atomic E-state index is 12.6. The van der Waals surface area contributed by atoms with Crippen LogP contribution < -0.4 is 0 Å². The number of rotatable bonds is 3. The number of nitrogens with zero attached hydrogens (tertiary/aromatic N) is 1. The van der Waals surface area contributed by atoms with Gasteiger partial charge in [0, 0.05) is 16.7 Å². The van der Waals surface area contributed by atoms with Crippen LogP contribution in [0.1, 0.15) is 15.9 Å². The van der Waals surface area contributed by atoms with Gasteiger partial charge in [0.1, 0.15) is 5.56 Å². The Kier molecular flexibility index (Phi) is 4.63. The highest BCUT2D eigenvalue weighted by Crippen LogP contribution is 2.36. The SMILES string of the molecule is O=C(Cl)c1cc(-c2ccc(C(F)(F)F)cc2Cl)ccc1[N+](=O)[O-]. The average molecular weight is 364 g/mol. The van der Waals surface area contributed by atoms with Crippen molar-refractivity contribution >= 4 is 34.1 Å². The predicted molar refractivity (Wildman–Crippen MR) is 78.7 cm³/mol. The van der Waals surface area contributed by atoms with E-state index in [1.54, 1.807) is 0 Å². The molecule has 0 saturated heterocycles. The Labute approximate surface area is 137 Å². The lowest BCUT2D eigenvalue weighted by molar-refractivity contribution is -0.385. The Hall–Kier alpha value is -2.12. The van der Waals surface area contributed by atoms with Crippen LogP contribution in [-0.4, -0.2) is 10.2 Å². The molecule has 120 valence electrons. The Morgan fingerprint density at radius 1 is 1.13 bits per heavy atom. The first-order valence-corrected chi connectivity index (χ1v) is 6.72. The molecule has 2 rings (SSSR count). The molecule has 0 saturated carbocycles. The second-order valence-corrected chi connectivity index (χ2v) is 5.21. The first kappa shape index (κ1) is 17.2. The lowest BCUT2D eigenvalue weighted by Crippen LogP contribution is -2.04. The lowest BCUT2D eigenvalue weighted by Gasteiger charge is -2.10. The van der Waals surface area contributed by atoms with Gasteiger partial charge < -0.3 is 0 Å². The van der Waals surface area contributed by atoms with Gasteiger partial charge in [-0.25, -0.2) is 0 Å². The minimum Gasteiger partial charge on any atom is -0.275 e. The van der Waals surface area contributed by atoms with Crippen LogP contribution in [0.15, 0.2) is 36.4 Å². The summed E-state index contributed by atoms with van der Waals surface area (Å²) in [5, 5.41) is 9.58. The van der Waals surface area contributed by atoms with Gasteiger partial charge in [-0.3, -0.25) is 14.9 Å². The van der Waals surface area contributed by atoms with Crippen molar-refractivity contribution in [3.63, 3.8) is 0 Å². The van der Waals surface area contributed by atoms with Crippen LogP contribution in [0.5, 0.6) is 0 Å². The maximum absolute atomic E-state index is 12.6. The molecule has 0 radical (unpaired) electrons. The molecular formula is C14H6Cl2F3NO3. The second kappa shape index (κ2) is 6.17. The second-order valence-electron chi connectivity index (χ2n) is 4.46. The van der Waals surface area contributed by atoms with E-state index in [2.05, 4.69) is 0 Å². The Morgan fingerprint density at radius 3 is 2.26 bits per heavy atom. The molecule has 0 unspecified atom stereocenters. The number of alkyl halides is 3. The monoisotopic (exact) mass is 363 g/mol. The number of carbonyl (C=O) groups excluding carboxylic acids is 1. The van der Waals surface area contributed by atoms with E-state index < -0.39 is 27.6 Å². The molecule has 23 heavy (non-hydrogen) atoms. The van der Waals surface area contributed by atoms with Crippen molar-refractivity contribution in [3.05, 3.63) is 62.7 Å². The minimum atomic E-state index is -4.55. The fraction of sp³-hybridized carbons (Fsp3) is 0.0714. The fourth-order valence-corrected chi connectivity index (χ4v) is 2.39. The molecule has 0 aliphatic heterocycles. The molecule has 0 aliphatic rings. The van der Waals surface area contributed by atoms with Crippen LogP contribution in [-0.2, 0) is 6.18 Å². The molecule has 0 atom stereocenters. The molecule has 0 heterocycles. The quantitative estimate of drug-likeness (QED) is 0.421. The molecule has 4 nitrogen and oxygen atoms in total. The first-order valence-electron chi connectivity index (χ1n) is 5.96. The highest BCUT2D eigenvalue weighted by molar-refractivity contribution is 6.68. The van der Waals surface area contributed by atoms with Gasteiger partial charge in [0.05, 0.1) is 10.5 Å². The standard InChI is InChI=1S/C14H6Cl2F3NO3/c15-11-6-8(14(17,18)19)2-3-9(11)7-1-4-12(20(22)23)10(5-7)13(16)21/h1-6H. The third-order valence-electron chi connectivity index (χ3n) is 3.01. The van der Waals surface area contributed by atoms with Crippen molar-refractivity contribution in [2.75, 3.05) is 0 Å². The zero-order valence-corrected chi connectivity index (χ0v) is 12.5. The van der Waals surface area contributed by atoms with Crippen LogP contribution in [0.25, 0.3) is 11.1 Å². The Balaban J connectivity index is 2.57. The van der Waals surface area contributed by atoms with Crippen molar-refractivity contribution < 1.29 is 22.9 Å². The number of nitro benzene ring substituents is 1. The topological polar surface area (TPSA) is 60.2 Å². The zero-order chi connectivity index (χ0) is 17.4. The first-order chi connectivity index (χ1) is 10.6. The van der Waals surface area contributed by atoms with E-state index >= 15 is 0 Å².